The van der Waals surface area contributed by atoms with Crippen LogP contribution in [0.5, 0.6) is 0 Å². The molecule has 0 radical (unpaired) electrons. The summed E-state index contributed by atoms with van der Waals surface area (Å²) in [4.78, 5) is 7.40. The normalized spacial score (nSPS) is 17.1. The lowest BCUT2D eigenvalue weighted by Crippen LogP contribution is -2.62. The van der Waals surface area contributed by atoms with Crippen LogP contribution in [0.25, 0.3) is 0 Å². The Hall–Kier alpha value is 0.137. The van der Waals surface area contributed by atoms with Crippen molar-refractivity contribution in [1.82, 2.24) is 9.96 Å². The van der Waals surface area contributed by atoms with E-state index >= 15 is 0 Å². The highest BCUT2D eigenvalue weighted by molar-refractivity contribution is 6.72. The molecule has 2 nitrogen and oxygen atoms in total. The van der Waals surface area contributed by atoms with Crippen molar-refractivity contribution in [1.29, 1.82) is 0 Å². The Balaban J connectivity index is 3.92. The Labute approximate surface area is 84.7 Å². The molecule has 0 heterocycles. The van der Waals surface area contributed by atoms with Crippen molar-refractivity contribution in [3.05, 3.63) is 0 Å². The monoisotopic (exact) mass is 202 g/mol. The lowest BCUT2D eigenvalue weighted by Gasteiger charge is -2.31. The summed E-state index contributed by atoms with van der Waals surface area (Å²) in [5, 5.41) is 0. The van der Waals surface area contributed by atoms with Crippen LogP contribution in [-0.2, 0) is 0 Å². The molecule has 0 aliphatic heterocycles. The minimum atomic E-state index is -1.37. The molecule has 0 rings (SSSR count). The van der Waals surface area contributed by atoms with Gasteiger partial charge in [-0.3, -0.25) is 0 Å². The summed E-state index contributed by atoms with van der Waals surface area (Å²) < 4.78 is 0. The standard InChI is InChI=1S/C10H26N2Si/c1-7-9(3)11-13(5,6)12-10(4)8-2/h9-12H,7-8H2,1-6H3. The number of hydrogen-bond donors (Lipinski definition) is 2. The van der Waals surface area contributed by atoms with Crippen molar-refractivity contribution in [2.75, 3.05) is 0 Å². The fourth-order valence-corrected chi connectivity index (χ4v) is 4.43. The molecule has 0 amide bonds. The van der Waals surface area contributed by atoms with Crippen molar-refractivity contribution >= 4 is 8.40 Å². The maximum atomic E-state index is 3.70. The van der Waals surface area contributed by atoms with Crippen molar-refractivity contribution < 1.29 is 0 Å². The van der Waals surface area contributed by atoms with Gasteiger partial charge in [0.2, 0.25) is 0 Å². The Morgan fingerprint density at radius 2 is 1.23 bits per heavy atom. The summed E-state index contributed by atoms with van der Waals surface area (Å²) >= 11 is 0. The summed E-state index contributed by atoms with van der Waals surface area (Å²) in [5.74, 6) is 0. The molecule has 0 fully saturated rings. The quantitative estimate of drug-likeness (QED) is 0.647. The van der Waals surface area contributed by atoms with E-state index in [2.05, 4.69) is 50.8 Å². The summed E-state index contributed by atoms with van der Waals surface area (Å²) in [7, 11) is -1.37. The molecule has 0 aliphatic carbocycles. The Bertz CT molecular complexity index is 123. The summed E-state index contributed by atoms with van der Waals surface area (Å²) in [6.45, 7) is 13.6. The highest BCUT2D eigenvalue weighted by atomic mass is 28.3. The van der Waals surface area contributed by atoms with E-state index < -0.39 is 8.40 Å². The maximum absolute atomic E-state index is 3.70. The topological polar surface area (TPSA) is 24.1 Å². The summed E-state index contributed by atoms with van der Waals surface area (Å²) in [6, 6.07) is 1.27. The molecule has 0 saturated heterocycles. The van der Waals surface area contributed by atoms with Gasteiger partial charge in [0.25, 0.3) is 0 Å². The summed E-state index contributed by atoms with van der Waals surface area (Å²) in [5.41, 5.74) is 0. The fourth-order valence-electron chi connectivity index (χ4n) is 1.48. The molecule has 0 aliphatic rings. The third kappa shape index (κ3) is 6.24. The smallest absolute Gasteiger partial charge is 0.195 e. The lowest BCUT2D eigenvalue weighted by atomic mass is 10.3. The van der Waals surface area contributed by atoms with Crippen LogP contribution in [-0.4, -0.2) is 20.5 Å². The van der Waals surface area contributed by atoms with E-state index in [4.69, 9.17) is 0 Å². The van der Waals surface area contributed by atoms with Crippen molar-refractivity contribution in [2.45, 2.75) is 65.7 Å². The third-order valence-electron chi connectivity index (χ3n) is 2.44. The zero-order valence-electron chi connectivity index (χ0n) is 10.1. The van der Waals surface area contributed by atoms with Crippen LogP contribution < -0.4 is 9.96 Å². The van der Waals surface area contributed by atoms with Crippen molar-refractivity contribution in [2.24, 2.45) is 0 Å². The van der Waals surface area contributed by atoms with Gasteiger partial charge in [-0.25, -0.2) is 0 Å². The second-order valence-electron chi connectivity index (χ2n) is 4.53. The van der Waals surface area contributed by atoms with Gasteiger partial charge in [-0.05, 0) is 38.0 Å². The lowest BCUT2D eigenvalue weighted by molar-refractivity contribution is 0.590. The fraction of sp³-hybridized carbons (Fsp3) is 1.00. The number of nitrogens with one attached hydrogen (secondary N) is 2. The Morgan fingerprint density at radius 1 is 0.923 bits per heavy atom. The van der Waals surface area contributed by atoms with Crippen LogP contribution >= 0.6 is 0 Å². The largest absolute Gasteiger partial charge is 0.323 e. The molecule has 80 valence electrons. The molecule has 0 bridgehead atoms. The van der Waals surface area contributed by atoms with E-state index in [0.717, 1.165) is 0 Å². The average Bonchev–Trinajstić information content (AvgIpc) is 2.02. The first-order valence-electron chi connectivity index (χ1n) is 5.46. The van der Waals surface area contributed by atoms with E-state index in [9.17, 15) is 0 Å². The van der Waals surface area contributed by atoms with Gasteiger partial charge in [-0.15, -0.1) is 0 Å². The minimum absolute atomic E-state index is 0.637. The molecular formula is C10H26N2Si. The summed E-state index contributed by atoms with van der Waals surface area (Å²) in [6.07, 6.45) is 2.41. The molecule has 0 aromatic heterocycles. The van der Waals surface area contributed by atoms with Crippen molar-refractivity contribution in [3.8, 4) is 0 Å². The highest BCUT2D eigenvalue weighted by Gasteiger charge is 2.23. The second kappa shape index (κ2) is 5.78. The van der Waals surface area contributed by atoms with E-state index in [-0.39, 0.29) is 0 Å². The molecule has 0 spiro atoms. The average molecular weight is 202 g/mol. The molecule has 2 atom stereocenters. The molecule has 13 heavy (non-hydrogen) atoms. The molecule has 0 aromatic carbocycles. The third-order valence-corrected chi connectivity index (χ3v) is 4.87. The minimum Gasteiger partial charge on any atom is -0.323 e. The predicted octanol–water partition coefficient (Wildman–Crippen LogP) is 2.46. The zero-order valence-corrected chi connectivity index (χ0v) is 11.1. The van der Waals surface area contributed by atoms with Gasteiger partial charge in [0.05, 0.1) is 0 Å². The van der Waals surface area contributed by atoms with Crippen LogP contribution in [0.1, 0.15) is 40.5 Å². The van der Waals surface area contributed by atoms with E-state index in [0.29, 0.717) is 12.1 Å². The first-order valence-corrected chi connectivity index (χ1v) is 8.46. The van der Waals surface area contributed by atoms with Gasteiger partial charge in [-0.2, -0.15) is 0 Å². The molecule has 0 saturated carbocycles. The van der Waals surface area contributed by atoms with Gasteiger partial charge >= 0.3 is 0 Å². The van der Waals surface area contributed by atoms with Crippen LogP contribution in [0.4, 0.5) is 0 Å². The first-order chi connectivity index (χ1) is 5.91. The van der Waals surface area contributed by atoms with Gasteiger partial charge in [0.1, 0.15) is 0 Å². The van der Waals surface area contributed by atoms with Gasteiger partial charge in [0.15, 0.2) is 8.40 Å². The van der Waals surface area contributed by atoms with Crippen LogP contribution in [0.3, 0.4) is 0 Å². The Kier molecular flexibility index (Phi) is 5.84. The predicted molar refractivity (Wildman–Crippen MR) is 63.3 cm³/mol. The van der Waals surface area contributed by atoms with Crippen LogP contribution in [0, 0.1) is 0 Å². The van der Waals surface area contributed by atoms with E-state index in [1.54, 1.807) is 0 Å². The Morgan fingerprint density at radius 3 is 1.46 bits per heavy atom. The molecular weight excluding hydrogens is 176 g/mol. The van der Waals surface area contributed by atoms with E-state index in [1.165, 1.54) is 12.8 Å². The number of rotatable bonds is 6. The van der Waals surface area contributed by atoms with Gasteiger partial charge in [0, 0.05) is 0 Å². The molecule has 2 unspecified atom stereocenters. The molecule has 3 heteroatoms. The van der Waals surface area contributed by atoms with Crippen molar-refractivity contribution in [3.63, 3.8) is 0 Å². The molecule has 2 N–H and O–H groups in total. The van der Waals surface area contributed by atoms with Crippen LogP contribution in [0.15, 0.2) is 0 Å². The molecule has 0 aromatic rings. The van der Waals surface area contributed by atoms with Gasteiger partial charge < -0.3 is 9.96 Å². The number of hydrogen-bond acceptors (Lipinski definition) is 2. The SMILES string of the molecule is CCC(C)N[Si](C)(C)NC(C)CC. The van der Waals surface area contributed by atoms with E-state index in [1.807, 2.05) is 0 Å². The maximum Gasteiger partial charge on any atom is 0.195 e. The van der Waals surface area contributed by atoms with Gasteiger partial charge in [-0.1, -0.05) is 27.7 Å². The highest BCUT2D eigenvalue weighted by Crippen LogP contribution is 2.00. The zero-order chi connectivity index (χ0) is 10.5. The second-order valence-corrected chi connectivity index (χ2v) is 8.36. The van der Waals surface area contributed by atoms with Crippen LogP contribution in [0.2, 0.25) is 13.1 Å². The first kappa shape index (κ1) is 13.1.